The molecule has 2 aromatic rings. The second-order valence-electron chi connectivity index (χ2n) is 4.59. The highest BCUT2D eigenvalue weighted by Gasteiger charge is 2.02. The number of nitrogens with one attached hydrogen (secondary N) is 1. The van der Waals surface area contributed by atoms with Gasteiger partial charge in [-0.25, -0.2) is 4.98 Å². The van der Waals surface area contributed by atoms with Crippen LogP contribution in [-0.2, 0) is 6.54 Å². The molecule has 0 bridgehead atoms. The Kier molecular flexibility index (Phi) is 4.76. The minimum atomic E-state index is 0.0966. The Hall–Kier alpha value is -2.30. The van der Waals surface area contributed by atoms with Gasteiger partial charge in [-0.3, -0.25) is 0 Å². The molecule has 0 aliphatic rings. The van der Waals surface area contributed by atoms with Gasteiger partial charge in [0.1, 0.15) is 5.75 Å². The quantitative estimate of drug-likeness (QED) is 0.877. The van der Waals surface area contributed by atoms with Crippen molar-refractivity contribution >= 4 is 5.95 Å². The maximum absolute atomic E-state index is 5.53. The molecule has 0 aliphatic carbocycles. The molecule has 0 saturated carbocycles. The summed E-state index contributed by atoms with van der Waals surface area (Å²) in [5.74, 6) is 1.98. The average Bonchev–Trinajstić information content (AvgIpc) is 2.45. The first-order valence-electron chi connectivity index (χ1n) is 6.54. The van der Waals surface area contributed by atoms with Gasteiger partial charge >= 0.3 is 0 Å². The highest BCUT2D eigenvalue weighted by atomic mass is 16.5. The smallest absolute Gasteiger partial charge is 0.226 e. The maximum atomic E-state index is 5.53. The second-order valence-corrected chi connectivity index (χ2v) is 4.59. The third-order valence-corrected chi connectivity index (χ3v) is 2.60. The van der Waals surface area contributed by atoms with Crippen LogP contribution in [0.4, 0.5) is 5.95 Å². The summed E-state index contributed by atoms with van der Waals surface area (Å²) >= 11 is 0. The van der Waals surface area contributed by atoms with Crippen molar-refractivity contribution < 1.29 is 9.47 Å². The lowest BCUT2D eigenvalue weighted by molar-refractivity contribution is 0.232. The molecule has 1 N–H and O–H groups in total. The number of methoxy groups -OCH3 is 1. The molecule has 2 rings (SSSR count). The first kappa shape index (κ1) is 14.1. The van der Waals surface area contributed by atoms with Crippen molar-refractivity contribution in [1.82, 2.24) is 9.97 Å². The number of anilines is 1. The predicted molar refractivity (Wildman–Crippen MR) is 78.1 cm³/mol. The van der Waals surface area contributed by atoms with Crippen molar-refractivity contribution in [3.05, 3.63) is 42.1 Å². The van der Waals surface area contributed by atoms with Gasteiger partial charge in [-0.2, -0.15) is 4.98 Å². The molecule has 1 aromatic carbocycles. The Morgan fingerprint density at radius 2 is 1.90 bits per heavy atom. The van der Waals surface area contributed by atoms with E-state index < -0.39 is 0 Å². The van der Waals surface area contributed by atoms with E-state index in [1.165, 1.54) is 0 Å². The zero-order valence-electron chi connectivity index (χ0n) is 12.0. The van der Waals surface area contributed by atoms with Gasteiger partial charge in [-0.15, -0.1) is 0 Å². The van der Waals surface area contributed by atoms with Crippen LogP contribution in [0.15, 0.2) is 36.5 Å². The Morgan fingerprint density at radius 3 is 2.55 bits per heavy atom. The number of hydrogen-bond donors (Lipinski definition) is 1. The summed E-state index contributed by atoms with van der Waals surface area (Å²) in [6, 6.07) is 9.60. The van der Waals surface area contributed by atoms with Crippen LogP contribution in [0.2, 0.25) is 0 Å². The van der Waals surface area contributed by atoms with Gasteiger partial charge in [0.15, 0.2) is 0 Å². The van der Waals surface area contributed by atoms with Crippen molar-refractivity contribution in [2.24, 2.45) is 0 Å². The zero-order valence-corrected chi connectivity index (χ0v) is 12.0. The van der Waals surface area contributed by atoms with Gasteiger partial charge < -0.3 is 14.8 Å². The Labute approximate surface area is 119 Å². The minimum Gasteiger partial charge on any atom is -0.497 e. The number of benzene rings is 1. The van der Waals surface area contributed by atoms with Crippen LogP contribution in [0, 0.1) is 0 Å². The first-order chi connectivity index (χ1) is 9.67. The normalized spacial score (nSPS) is 10.4. The number of rotatable bonds is 6. The molecule has 0 radical (unpaired) electrons. The number of ether oxygens (including phenoxy) is 2. The molecule has 20 heavy (non-hydrogen) atoms. The average molecular weight is 273 g/mol. The maximum Gasteiger partial charge on any atom is 0.226 e. The summed E-state index contributed by atoms with van der Waals surface area (Å²) in [7, 11) is 1.65. The van der Waals surface area contributed by atoms with Gasteiger partial charge in [-0.1, -0.05) is 12.1 Å². The fourth-order valence-corrected chi connectivity index (χ4v) is 1.66. The molecule has 0 unspecified atom stereocenters. The third kappa shape index (κ3) is 4.12. The molecular weight excluding hydrogens is 254 g/mol. The molecule has 1 heterocycles. The van der Waals surface area contributed by atoms with Crippen molar-refractivity contribution in [3.8, 4) is 11.6 Å². The summed E-state index contributed by atoms with van der Waals surface area (Å²) in [5, 5.41) is 3.17. The second kappa shape index (κ2) is 6.75. The van der Waals surface area contributed by atoms with Gasteiger partial charge in [0, 0.05) is 18.8 Å². The fourth-order valence-electron chi connectivity index (χ4n) is 1.66. The van der Waals surface area contributed by atoms with Crippen LogP contribution < -0.4 is 14.8 Å². The van der Waals surface area contributed by atoms with Crippen molar-refractivity contribution in [1.29, 1.82) is 0 Å². The van der Waals surface area contributed by atoms with Crippen LogP contribution in [0.5, 0.6) is 11.6 Å². The van der Waals surface area contributed by atoms with Crippen LogP contribution in [0.1, 0.15) is 19.4 Å². The third-order valence-electron chi connectivity index (χ3n) is 2.60. The van der Waals surface area contributed by atoms with Crippen LogP contribution in [0.25, 0.3) is 0 Å². The van der Waals surface area contributed by atoms with Crippen molar-refractivity contribution in [3.63, 3.8) is 0 Å². The largest absolute Gasteiger partial charge is 0.497 e. The summed E-state index contributed by atoms with van der Waals surface area (Å²) in [6.07, 6.45) is 1.78. The standard InChI is InChI=1S/C15H19N3O2/c1-11(2)20-14-8-9-16-15(18-14)17-10-12-4-6-13(19-3)7-5-12/h4-9,11H,10H2,1-3H3,(H,16,17,18). The van der Waals surface area contributed by atoms with Crippen LogP contribution in [-0.4, -0.2) is 23.2 Å². The zero-order chi connectivity index (χ0) is 14.4. The van der Waals surface area contributed by atoms with Gasteiger partial charge in [0.2, 0.25) is 11.8 Å². The summed E-state index contributed by atoms with van der Waals surface area (Å²) in [4.78, 5) is 8.46. The minimum absolute atomic E-state index is 0.0966. The molecule has 0 spiro atoms. The Bertz CT molecular complexity index is 541. The molecule has 5 nitrogen and oxygen atoms in total. The van der Waals surface area contributed by atoms with Crippen LogP contribution in [0.3, 0.4) is 0 Å². The molecule has 106 valence electrons. The van der Waals surface area contributed by atoms with E-state index in [0.717, 1.165) is 11.3 Å². The molecule has 1 aromatic heterocycles. The topological polar surface area (TPSA) is 56.3 Å². The van der Waals surface area contributed by atoms with Gasteiger partial charge in [0.25, 0.3) is 0 Å². The van der Waals surface area contributed by atoms with Crippen LogP contribution >= 0.6 is 0 Å². The molecule has 0 saturated heterocycles. The molecule has 5 heteroatoms. The van der Waals surface area contributed by atoms with E-state index in [1.807, 2.05) is 38.1 Å². The van der Waals surface area contributed by atoms with E-state index in [9.17, 15) is 0 Å². The molecule has 0 fully saturated rings. The van der Waals surface area contributed by atoms with Gasteiger partial charge in [-0.05, 0) is 31.5 Å². The van der Waals surface area contributed by atoms with E-state index in [1.54, 1.807) is 19.4 Å². The molecule has 0 amide bonds. The Morgan fingerprint density at radius 1 is 1.15 bits per heavy atom. The van der Waals surface area contributed by atoms with E-state index in [-0.39, 0.29) is 6.10 Å². The van der Waals surface area contributed by atoms with E-state index in [4.69, 9.17) is 9.47 Å². The summed E-state index contributed by atoms with van der Waals surface area (Å²) < 4.78 is 10.7. The van der Waals surface area contributed by atoms with Gasteiger partial charge in [0.05, 0.1) is 13.2 Å². The van der Waals surface area contributed by atoms with Crippen molar-refractivity contribution in [2.45, 2.75) is 26.5 Å². The number of aromatic nitrogens is 2. The molecular formula is C15H19N3O2. The highest BCUT2D eigenvalue weighted by Crippen LogP contribution is 2.13. The monoisotopic (exact) mass is 273 g/mol. The molecule has 0 atom stereocenters. The van der Waals surface area contributed by atoms with Crippen molar-refractivity contribution in [2.75, 3.05) is 12.4 Å². The first-order valence-corrected chi connectivity index (χ1v) is 6.54. The predicted octanol–water partition coefficient (Wildman–Crippen LogP) is 2.88. The lowest BCUT2D eigenvalue weighted by atomic mass is 10.2. The summed E-state index contributed by atoms with van der Waals surface area (Å²) in [6.45, 7) is 4.58. The highest BCUT2D eigenvalue weighted by molar-refractivity contribution is 5.32. The lowest BCUT2D eigenvalue weighted by Crippen LogP contribution is -2.09. The molecule has 0 aliphatic heterocycles. The fraction of sp³-hybridized carbons (Fsp3) is 0.333. The van der Waals surface area contributed by atoms with E-state index in [2.05, 4.69) is 15.3 Å². The summed E-state index contributed by atoms with van der Waals surface area (Å²) in [5.41, 5.74) is 1.13. The lowest BCUT2D eigenvalue weighted by Gasteiger charge is -2.10. The van der Waals surface area contributed by atoms with E-state index in [0.29, 0.717) is 18.4 Å². The number of hydrogen-bond acceptors (Lipinski definition) is 5. The number of nitrogens with zero attached hydrogens (tertiary/aromatic N) is 2. The van der Waals surface area contributed by atoms with E-state index >= 15 is 0 Å². The Balaban J connectivity index is 1.95. The SMILES string of the molecule is COc1ccc(CNc2nccc(OC(C)C)n2)cc1.